The van der Waals surface area contributed by atoms with Crippen LogP contribution in [0.3, 0.4) is 0 Å². The Kier molecular flexibility index (Phi) is 4.02. The van der Waals surface area contributed by atoms with Gasteiger partial charge >= 0.3 is 5.97 Å². The zero-order valence-corrected chi connectivity index (χ0v) is 13.0. The first-order valence-electron chi connectivity index (χ1n) is 8.02. The highest BCUT2D eigenvalue weighted by Crippen LogP contribution is 2.38. The third kappa shape index (κ3) is 2.48. The summed E-state index contributed by atoms with van der Waals surface area (Å²) >= 11 is 0. The molecule has 3 rings (SSSR count). The zero-order chi connectivity index (χ0) is 14.9. The van der Waals surface area contributed by atoms with Crippen LogP contribution in [0.4, 0.5) is 0 Å². The minimum atomic E-state index is -0.538. The number of carbonyl (C=O) groups excluding carboxylic acids is 1. The van der Waals surface area contributed by atoms with Crippen LogP contribution in [0.25, 0.3) is 0 Å². The number of nitrogens with zero attached hydrogens (tertiary/aromatic N) is 2. The van der Waals surface area contributed by atoms with Crippen LogP contribution >= 0.6 is 0 Å². The maximum atomic E-state index is 12.2. The Morgan fingerprint density at radius 3 is 3.00 bits per heavy atom. The Balaban J connectivity index is 1.86. The number of likely N-dealkylation sites (N-methyl/N-ethyl adjacent to an activating group) is 1. The van der Waals surface area contributed by atoms with Gasteiger partial charge in [-0.3, -0.25) is 4.79 Å². The van der Waals surface area contributed by atoms with Gasteiger partial charge < -0.3 is 14.6 Å². The van der Waals surface area contributed by atoms with E-state index in [-0.39, 0.29) is 5.97 Å². The first-order valence-corrected chi connectivity index (χ1v) is 8.02. The van der Waals surface area contributed by atoms with Gasteiger partial charge in [0.05, 0.1) is 19.1 Å². The minimum absolute atomic E-state index is 0.135. The predicted octanol–water partition coefficient (Wildman–Crippen LogP) is 2.01. The molecule has 1 N–H and O–H groups in total. The van der Waals surface area contributed by atoms with Crippen LogP contribution in [-0.2, 0) is 22.4 Å². The fourth-order valence-corrected chi connectivity index (χ4v) is 4.00. The molecule has 5 nitrogen and oxygen atoms in total. The quantitative estimate of drug-likeness (QED) is 0.866. The molecule has 1 heterocycles. The molecule has 0 radical (unpaired) electrons. The van der Waals surface area contributed by atoms with Gasteiger partial charge in [-0.2, -0.15) is 0 Å². The number of hydrogen-bond acceptors (Lipinski definition) is 4. The van der Waals surface area contributed by atoms with Crippen molar-refractivity contribution in [3.63, 3.8) is 0 Å². The summed E-state index contributed by atoms with van der Waals surface area (Å²) in [7, 11) is 3.34. The van der Waals surface area contributed by atoms with Crippen LogP contribution in [0.2, 0.25) is 0 Å². The molecule has 116 valence electrons. The average molecular weight is 291 g/mol. The van der Waals surface area contributed by atoms with E-state index in [1.54, 1.807) is 0 Å². The number of ether oxygens (including phenoxy) is 1. The molecular formula is C16H25N3O2. The summed E-state index contributed by atoms with van der Waals surface area (Å²) in [6, 6.07) is 0.347. The average Bonchev–Trinajstić information content (AvgIpc) is 2.98. The molecule has 5 heteroatoms. The van der Waals surface area contributed by atoms with E-state index in [2.05, 4.69) is 14.9 Å². The molecule has 2 aliphatic rings. The molecule has 1 aromatic rings. The number of aromatic nitrogens is 2. The molecule has 2 atom stereocenters. The molecule has 0 aliphatic heterocycles. The first kappa shape index (κ1) is 14.6. The Morgan fingerprint density at radius 1 is 1.43 bits per heavy atom. The molecular weight excluding hydrogens is 266 g/mol. The van der Waals surface area contributed by atoms with Crippen molar-refractivity contribution < 1.29 is 9.53 Å². The summed E-state index contributed by atoms with van der Waals surface area (Å²) in [6.45, 7) is 0. The molecule has 1 aromatic heterocycles. The zero-order valence-electron chi connectivity index (χ0n) is 13.0. The third-order valence-corrected chi connectivity index (χ3v) is 5.23. The standard InChI is InChI=1S/C16H25N3O2/c1-17-16(15(20)21-2)9-5-6-12(10-16)19-11-18-13-7-3-4-8-14(13)19/h11-12,17H,3-10H2,1-2H3. The van der Waals surface area contributed by atoms with Crippen molar-refractivity contribution in [1.82, 2.24) is 14.9 Å². The van der Waals surface area contributed by atoms with Crippen molar-refractivity contribution in [2.24, 2.45) is 0 Å². The second-order valence-electron chi connectivity index (χ2n) is 6.33. The molecule has 0 aromatic carbocycles. The van der Waals surface area contributed by atoms with Crippen molar-refractivity contribution in [2.75, 3.05) is 14.2 Å². The number of imidazole rings is 1. The second kappa shape index (κ2) is 5.79. The van der Waals surface area contributed by atoms with Gasteiger partial charge in [-0.25, -0.2) is 4.98 Å². The van der Waals surface area contributed by atoms with Crippen molar-refractivity contribution in [2.45, 2.75) is 62.9 Å². The van der Waals surface area contributed by atoms with Crippen LogP contribution in [0.1, 0.15) is 56.0 Å². The van der Waals surface area contributed by atoms with Gasteiger partial charge in [0.1, 0.15) is 5.54 Å². The number of esters is 1. The minimum Gasteiger partial charge on any atom is -0.468 e. The largest absolute Gasteiger partial charge is 0.468 e. The van der Waals surface area contributed by atoms with Gasteiger partial charge in [0, 0.05) is 11.7 Å². The summed E-state index contributed by atoms with van der Waals surface area (Å²) in [6.07, 6.45) is 10.5. The number of aryl methyl sites for hydroxylation is 1. The lowest BCUT2D eigenvalue weighted by Crippen LogP contribution is -2.54. The fourth-order valence-electron chi connectivity index (χ4n) is 4.00. The highest BCUT2D eigenvalue weighted by Gasteiger charge is 2.43. The third-order valence-electron chi connectivity index (χ3n) is 5.23. The molecule has 0 spiro atoms. The summed E-state index contributed by atoms with van der Waals surface area (Å²) in [5.41, 5.74) is 2.12. The number of hydrogen-bond donors (Lipinski definition) is 1. The van der Waals surface area contributed by atoms with Gasteiger partial charge in [-0.05, 0) is 58.4 Å². The Hall–Kier alpha value is -1.36. The second-order valence-corrected chi connectivity index (χ2v) is 6.33. The van der Waals surface area contributed by atoms with Crippen molar-refractivity contribution in [3.05, 3.63) is 17.7 Å². The number of rotatable bonds is 3. The van der Waals surface area contributed by atoms with Crippen LogP contribution in [0, 0.1) is 0 Å². The normalized spacial score (nSPS) is 29.0. The summed E-state index contributed by atoms with van der Waals surface area (Å²) < 4.78 is 7.37. The molecule has 0 saturated heterocycles. The molecule has 21 heavy (non-hydrogen) atoms. The van der Waals surface area contributed by atoms with E-state index in [0.717, 1.165) is 38.5 Å². The van der Waals surface area contributed by atoms with Gasteiger partial charge in [-0.15, -0.1) is 0 Å². The number of methoxy groups -OCH3 is 1. The SMILES string of the molecule is CNC1(C(=O)OC)CCCC(n2cnc3c2CCCC3)C1. The fraction of sp³-hybridized carbons (Fsp3) is 0.750. The number of carbonyl (C=O) groups is 1. The van der Waals surface area contributed by atoms with Crippen molar-refractivity contribution >= 4 is 5.97 Å². The highest BCUT2D eigenvalue weighted by molar-refractivity contribution is 5.81. The monoisotopic (exact) mass is 291 g/mol. The smallest absolute Gasteiger partial charge is 0.326 e. The topological polar surface area (TPSA) is 56.1 Å². The summed E-state index contributed by atoms with van der Waals surface area (Å²) in [4.78, 5) is 16.8. The van der Waals surface area contributed by atoms with Crippen LogP contribution in [0.15, 0.2) is 6.33 Å². The van der Waals surface area contributed by atoms with E-state index >= 15 is 0 Å². The lowest BCUT2D eigenvalue weighted by molar-refractivity contribution is -0.150. The lowest BCUT2D eigenvalue weighted by Gasteiger charge is -2.39. The predicted molar refractivity (Wildman–Crippen MR) is 80.2 cm³/mol. The molecule has 1 saturated carbocycles. The van der Waals surface area contributed by atoms with Gasteiger partial charge in [0.25, 0.3) is 0 Å². The maximum absolute atomic E-state index is 12.2. The van der Waals surface area contributed by atoms with Crippen LogP contribution in [0.5, 0.6) is 0 Å². The first-order chi connectivity index (χ1) is 10.2. The van der Waals surface area contributed by atoms with Crippen molar-refractivity contribution in [3.8, 4) is 0 Å². The molecule has 0 amide bonds. The van der Waals surface area contributed by atoms with Crippen LogP contribution in [-0.4, -0.2) is 35.2 Å². The molecule has 2 aliphatic carbocycles. The summed E-state index contributed by atoms with van der Waals surface area (Å²) in [5.74, 6) is -0.135. The maximum Gasteiger partial charge on any atom is 0.326 e. The Labute approximate surface area is 126 Å². The van der Waals surface area contributed by atoms with Gasteiger partial charge in [0.2, 0.25) is 0 Å². The van der Waals surface area contributed by atoms with Gasteiger partial charge in [-0.1, -0.05) is 0 Å². The summed E-state index contributed by atoms with van der Waals surface area (Å²) in [5, 5.41) is 3.23. The Morgan fingerprint density at radius 2 is 2.24 bits per heavy atom. The Bertz CT molecular complexity index is 526. The highest BCUT2D eigenvalue weighted by atomic mass is 16.5. The lowest BCUT2D eigenvalue weighted by atomic mass is 9.78. The van der Waals surface area contributed by atoms with E-state index in [9.17, 15) is 4.79 Å². The van der Waals surface area contributed by atoms with E-state index in [1.165, 1.54) is 31.3 Å². The van der Waals surface area contributed by atoms with Crippen molar-refractivity contribution in [1.29, 1.82) is 0 Å². The van der Waals surface area contributed by atoms with E-state index in [4.69, 9.17) is 4.74 Å². The van der Waals surface area contributed by atoms with E-state index < -0.39 is 5.54 Å². The number of fused-ring (bicyclic) bond motifs is 1. The molecule has 2 unspecified atom stereocenters. The molecule has 0 bridgehead atoms. The number of nitrogens with one attached hydrogen (secondary N) is 1. The van der Waals surface area contributed by atoms with Crippen LogP contribution < -0.4 is 5.32 Å². The van der Waals surface area contributed by atoms with Gasteiger partial charge in [0.15, 0.2) is 0 Å². The van der Waals surface area contributed by atoms with E-state index in [1.807, 2.05) is 13.4 Å². The molecule has 1 fully saturated rings. The van der Waals surface area contributed by atoms with E-state index in [0.29, 0.717) is 6.04 Å².